The highest BCUT2D eigenvalue weighted by Crippen LogP contribution is 2.40. The summed E-state index contributed by atoms with van der Waals surface area (Å²) < 4.78 is 13.3. The average Bonchev–Trinajstić information content (AvgIpc) is 2.94. The quantitative estimate of drug-likeness (QED) is 0.796. The number of amides is 1. The molecule has 0 bridgehead atoms. The maximum Gasteiger partial charge on any atom is 0.244 e. The summed E-state index contributed by atoms with van der Waals surface area (Å²) in [5.41, 5.74) is 3.17. The van der Waals surface area contributed by atoms with E-state index in [1.165, 1.54) is 0 Å². The first-order valence-corrected chi connectivity index (χ1v) is 10.0. The van der Waals surface area contributed by atoms with Crippen LogP contribution in [0.1, 0.15) is 46.6 Å². The number of aromatic nitrogens is 2. The van der Waals surface area contributed by atoms with Crippen LogP contribution in [0.25, 0.3) is 0 Å². The van der Waals surface area contributed by atoms with Crippen LogP contribution in [0.15, 0.2) is 18.2 Å². The number of nitrogens with zero attached hydrogens (tertiary/aromatic N) is 3. The number of ketones is 1. The highest BCUT2D eigenvalue weighted by atomic mass is 16.5. The Morgan fingerprint density at radius 2 is 1.97 bits per heavy atom. The normalized spacial score (nSPS) is 17.8. The van der Waals surface area contributed by atoms with Crippen LogP contribution in [0.3, 0.4) is 0 Å². The summed E-state index contributed by atoms with van der Waals surface area (Å²) in [6.07, 6.45) is 1.62. The van der Waals surface area contributed by atoms with Gasteiger partial charge in [0.1, 0.15) is 23.6 Å². The van der Waals surface area contributed by atoms with E-state index in [-0.39, 0.29) is 18.2 Å². The van der Waals surface area contributed by atoms with Gasteiger partial charge in [-0.1, -0.05) is 0 Å². The summed E-state index contributed by atoms with van der Waals surface area (Å²) >= 11 is 0. The Balaban J connectivity index is 1.44. The monoisotopic (exact) mass is 397 g/mol. The minimum Gasteiger partial charge on any atom is -0.497 e. The SMILES string of the molecule is COc1ccc2c(c1)OC1(CCN(C(=O)Cn3nc(C)c(C)c3C)CC1)CC2=O. The highest BCUT2D eigenvalue weighted by Gasteiger charge is 2.43. The number of Topliss-reactive ketones (excluding diaryl/α,β-unsaturated/α-hetero) is 1. The summed E-state index contributed by atoms with van der Waals surface area (Å²) in [5, 5.41) is 4.47. The summed E-state index contributed by atoms with van der Waals surface area (Å²) in [6, 6.07) is 5.31. The Morgan fingerprint density at radius 1 is 1.24 bits per heavy atom. The second-order valence-electron chi connectivity index (χ2n) is 8.08. The number of likely N-dealkylation sites (tertiary alicyclic amines) is 1. The van der Waals surface area contributed by atoms with Gasteiger partial charge >= 0.3 is 0 Å². The molecule has 1 amide bonds. The van der Waals surface area contributed by atoms with Crippen LogP contribution in [0.4, 0.5) is 0 Å². The van der Waals surface area contributed by atoms with E-state index in [1.807, 2.05) is 25.7 Å². The number of fused-ring (bicyclic) bond motifs is 1. The minimum absolute atomic E-state index is 0.0506. The summed E-state index contributed by atoms with van der Waals surface area (Å²) in [7, 11) is 1.59. The van der Waals surface area contributed by atoms with E-state index in [0.29, 0.717) is 49.4 Å². The lowest BCUT2D eigenvalue weighted by Crippen LogP contribution is -2.52. The van der Waals surface area contributed by atoms with Gasteiger partial charge in [-0.15, -0.1) is 0 Å². The molecule has 7 heteroatoms. The molecule has 2 aromatic rings. The number of carbonyl (C=O) groups excluding carboxylic acids is 2. The molecule has 1 aromatic heterocycles. The number of hydrogen-bond acceptors (Lipinski definition) is 5. The third-order valence-corrected chi connectivity index (χ3v) is 6.35. The van der Waals surface area contributed by atoms with Crippen molar-refractivity contribution in [1.29, 1.82) is 0 Å². The fraction of sp³-hybridized carbons (Fsp3) is 0.500. The molecule has 0 radical (unpaired) electrons. The van der Waals surface area contributed by atoms with Crippen LogP contribution in [0.2, 0.25) is 0 Å². The van der Waals surface area contributed by atoms with Gasteiger partial charge in [-0.05, 0) is 38.5 Å². The Morgan fingerprint density at radius 3 is 2.59 bits per heavy atom. The van der Waals surface area contributed by atoms with Crippen molar-refractivity contribution in [2.45, 2.75) is 52.2 Å². The predicted octanol–water partition coefficient (Wildman–Crippen LogP) is 2.84. The number of rotatable bonds is 3. The zero-order valence-corrected chi connectivity index (χ0v) is 17.4. The van der Waals surface area contributed by atoms with Gasteiger partial charge < -0.3 is 14.4 Å². The van der Waals surface area contributed by atoms with E-state index in [1.54, 1.807) is 30.0 Å². The second kappa shape index (κ2) is 7.21. The molecule has 3 heterocycles. The lowest BCUT2D eigenvalue weighted by atomic mass is 9.82. The maximum atomic E-state index is 12.8. The second-order valence-corrected chi connectivity index (χ2v) is 8.08. The van der Waals surface area contributed by atoms with Crippen LogP contribution >= 0.6 is 0 Å². The van der Waals surface area contributed by atoms with Crippen LogP contribution in [0.5, 0.6) is 11.5 Å². The third kappa shape index (κ3) is 3.50. The van der Waals surface area contributed by atoms with Crippen LogP contribution in [0, 0.1) is 20.8 Å². The van der Waals surface area contributed by atoms with Gasteiger partial charge in [-0.25, -0.2) is 0 Å². The molecule has 154 valence electrons. The molecule has 0 unspecified atom stereocenters. The standard InChI is InChI=1S/C22H27N3O4/c1-14-15(2)23-25(16(14)3)13-21(27)24-9-7-22(8-10-24)12-19(26)18-6-5-17(28-4)11-20(18)29-22/h5-6,11H,7-10,12-13H2,1-4H3. The molecule has 7 nitrogen and oxygen atoms in total. The van der Waals surface area contributed by atoms with E-state index in [2.05, 4.69) is 5.10 Å². The van der Waals surface area contributed by atoms with Crippen LogP contribution in [-0.2, 0) is 11.3 Å². The first kappa shape index (κ1) is 19.5. The minimum atomic E-state index is -0.540. The topological polar surface area (TPSA) is 73.7 Å². The molecule has 0 atom stereocenters. The Labute approximate surface area is 170 Å². The van der Waals surface area contributed by atoms with Gasteiger partial charge in [-0.2, -0.15) is 5.10 Å². The fourth-order valence-corrected chi connectivity index (χ4v) is 4.21. The summed E-state index contributed by atoms with van der Waals surface area (Å²) in [5.74, 6) is 1.39. The number of ether oxygens (including phenoxy) is 2. The van der Waals surface area contributed by atoms with E-state index in [4.69, 9.17) is 9.47 Å². The smallest absolute Gasteiger partial charge is 0.244 e. The van der Waals surface area contributed by atoms with Crippen molar-refractivity contribution in [3.05, 3.63) is 40.7 Å². The van der Waals surface area contributed by atoms with E-state index in [9.17, 15) is 9.59 Å². The van der Waals surface area contributed by atoms with Crippen molar-refractivity contribution >= 4 is 11.7 Å². The summed E-state index contributed by atoms with van der Waals surface area (Å²) in [6.45, 7) is 7.35. The molecule has 29 heavy (non-hydrogen) atoms. The molecule has 1 aromatic carbocycles. The number of methoxy groups -OCH3 is 1. The lowest BCUT2D eigenvalue weighted by Gasteiger charge is -2.44. The third-order valence-electron chi connectivity index (χ3n) is 6.35. The lowest BCUT2D eigenvalue weighted by molar-refractivity contribution is -0.135. The molecule has 4 rings (SSSR count). The van der Waals surface area contributed by atoms with Gasteiger partial charge in [0.2, 0.25) is 5.91 Å². The molecular formula is C22H27N3O4. The molecule has 0 saturated carbocycles. The first-order valence-electron chi connectivity index (χ1n) is 10.0. The van der Waals surface area contributed by atoms with E-state index < -0.39 is 5.60 Å². The van der Waals surface area contributed by atoms with Crippen molar-refractivity contribution in [3.63, 3.8) is 0 Å². The van der Waals surface area contributed by atoms with Crippen LogP contribution in [-0.4, -0.2) is 52.2 Å². The van der Waals surface area contributed by atoms with Crippen molar-refractivity contribution in [2.24, 2.45) is 0 Å². The molecule has 0 N–H and O–H groups in total. The van der Waals surface area contributed by atoms with Gasteiger partial charge in [0, 0.05) is 37.7 Å². The highest BCUT2D eigenvalue weighted by molar-refractivity contribution is 6.00. The zero-order valence-electron chi connectivity index (χ0n) is 17.4. The summed E-state index contributed by atoms with van der Waals surface area (Å²) in [4.78, 5) is 27.3. The predicted molar refractivity (Wildman–Crippen MR) is 108 cm³/mol. The molecular weight excluding hydrogens is 370 g/mol. The Hall–Kier alpha value is -2.83. The Kier molecular flexibility index (Phi) is 4.84. The number of carbonyl (C=O) groups is 2. The molecule has 1 fully saturated rings. The fourth-order valence-electron chi connectivity index (χ4n) is 4.21. The molecule has 2 aliphatic heterocycles. The van der Waals surface area contributed by atoms with Crippen LogP contribution < -0.4 is 9.47 Å². The van der Waals surface area contributed by atoms with Gasteiger partial charge in [0.25, 0.3) is 0 Å². The zero-order chi connectivity index (χ0) is 20.8. The first-order chi connectivity index (χ1) is 13.8. The van der Waals surface area contributed by atoms with Crippen molar-refractivity contribution in [3.8, 4) is 11.5 Å². The maximum absolute atomic E-state index is 12.8. The number of hydrogen-bond donors (Lipinski definition) is 0. The number of piperidine rings is 1. The van der Waals surface area contributed by atoms with Gasteiger partial charge in [0.05, 0.1) is 24.8 Å². The number of aryl methyl sites for hydroxylation is 1. The number of benzene rings is 1. The molecule has 1 saturated heterocycles. The van der Waals surface area contributed by atoms with Crippen molar-refractivity contribution < 1.29 is 19.1 Å². The van der Waals surface area contributed by atoms with Crippen molar-refractivity contribution in [1.82, 2.24) is 14.7 Å². The van der Waals surface area contributed by atoms with E-state index >= 15 is 0 Å². The largest absolute Gasteiger partial charge is 0.497 e. The van der Waals surface area contributed by atoms with Gasteiger partial charge in [-0.3, -0.25) is 14.3 Å². The average molecular weight is 397 g/mol. The Bertz CT molecular complexity index is 971. The molecule has 1 spiro atoms. The molecule has 2 aliphatic rings. The molecule has 0 aliphatic carbocycles. The van der Waals surface area contributed by atoms with E-state index in [0.717, 1.165) is 17.0 Å². The van der Waals surface area contributed by atoms with Gasteiger partial charge in [0.15, 0.2) is 5.78 Å². The van der Waals surface area contributed by atoms with Crippen molar-refractivity contribution in [2.75, 3.05) is 20.2 Å².